The minimum Gasteiger partial charge on any atom is -0.382 e. The summed E-state index contributed by atoms with van der Waals surface area (Å²) in [7, 11) is 0. The first-order chi connectivity index (χ1) is 8.04. The van der Waals surface area contributed by atoms with Crippen LogP contribution in [-0.2, 0) is 0 Å². The lowest BCUT2D eigenvalue weighted by Crippen LogP contribution is -2.16. The molecular formula is C14H22N2O. The molecule has 94 valence electrons. The van der Waals surface area contributed by atoms with E-state index in [1.54, 1.807) is 6.07 Å². The molecule has 1 atom stereocenters. The fraction of sp³-hybridized carbons (Fsp3) is 0.500. The first-order valence-electron chi connectivity index (χ1n) is 6.21. The van der Waals surface area contributed by atoms with Gasteiger partial charge in [-0.25, -0.2) is 0 Å². The van der Waals surface area contributed by atoms with E-state index >= 15 is 0 Å². The molecule has 0 fully saturated rings. The number of primary amides is 1. The molecule has 0 aliphatic heterocycles. The molecule has 0 aliphatic rings. The molecule has 0 aliphatic carbocycles. The van der Waals surface area contributed by atoms with Gasteiger partial charge in [0, 0.05) is 17.3 Å². The van der Waals surface area contributed by atoms with E-state index in [0.717, 1.165) is 17.7 Å². The van der Waals surface area contributed by atoms with E-state index in [2.05, 4.69) is 19.2 Å². The Bertz CT molecular complexity index is 388. The molecule has 0 bridgehead atoms. The van der Waals surface area contributed by atoms with Gasteiger partial charge in [0.15, 0.2) is 0 Å². The number of carbonyl (C=O) groups is 1. The molecule has 3 nitrogen and oxygen atoms in total. The Morgan fingerprint density at radius 3 is 2.71 bits per heavy atom. The standard InChI is InChI=1S/C14H22N2O/c1-4-5-6-11(3)16-13-8-7-12(14(15)17)9-10(13)2/h7-9,11,16H,4-6H2,1-3H3,(H2,15,17). The van der Waals surface area contributed by atoms with Crippen LogP contribution in [0.2, 0.25) is 0 Å². The molecule has 0 spiro atoms. The topological polar surface area (TPSA) is 55.1 Å². The number of hydrogen-bond donors (Lipinski definition) is 2. The third-order valence-electron chi connectivity index (χ3n) is 2.90. The number of nitrogens with two attached hydrogens (primary N) is 1. The summed E-state index contributed by atoms with van der Waals surface area (Å²) in [4.78, 5) is 11.0. The van der Waals surface area contributed by atoms with E-state index in [1.165, 1.54) is 12.8 Å². The summed E-state index contributed by atoms with van der Waals surface area (Å²) in [5, 5.41) is 3.46. The summed E-state index contributed by atoms with van der Waals surface area (Å²) in [6.07, 6.45) is 3.60. The SMILES string of the molecule is CCCCC(C)Nc1ccc(C(N)=O)cc1C. The maximum Gasteiger partial charge on any atom is 0.248 e. The molecule has 0 saturated heterocycles. The zero-order valence-electron chi connectivity index (χ0n) is 10.9. The van der Waals surface area contributed by atoms with Gasteiger partial charge in [0.05, 0.1) is 0 Å². The van der Waals surface area contributed by atoms with Crippen molar-refractivity contribution in [2.24, 2.45) is 5.73 Å². The van der Waals surface area contributed by atoms with E-state index in [1.807, 2.05) is 19.1 Å². The minimum absolute atomic E-state index is 0.376. The van der Waals surface area contributed by atoms with Crippen LogP contribution >= 0.6 is 0 Å². The molecule has 1 rings (SSSR count). The second kappa shape index (κ2) is 6.28. The molecule has 17 heavy (non-hydrogen) atoms. The second-order valence-electron chi connectivity index (χ2n) is 4.58. The Morgan fingerprint density at radius 1 is 1.47 bits per heavy atom. The highest BCUT2D eigenvalue weighted by Crippen LogP contribution is 2.18. The molecule has 1 amide bonds. The number of aryl methyl sites for hydroxylation is 1. The van der Waals surface area contributed by atoms with Gasteiger partial charge in [0.25, 0.3) is 0 Å². The lowest BCUT2D eigenvalue weighted by Gasteiger charge is -2.17. The van der Waals surface area contributed by atoms with E-state index in [-0.39, 0.29) is 5.91 Å². The van der Waals surface area contributed by atoms with E-state index < -0.39 is 0 Å². The summed E-state index contributed by atoms with van der Waals surface area (Å²) in [5.41, 5.74) is 7.95. The third kappa shape index (κ3) is 4.10. The number of nitrogens with one attached hydrogen (secondary N) is 1. The highest BCUT2D eigenvalue weighted by Gasteiger charge is 2.06. The van der Waals surface area contributed by atoms with Crippen molar-refractivity contribution in [2.75, 3.05) is 5.32 Å². The molecule has 3 N–H and O–H groups in total. The van der Waals surface area contributed by atoms with Crippen molar-refractivity contribution in [3.63, 3.8) is 0 Å². The normalized spacial score (nSPS) is 12.2. The van der Waals surface area contributed by atoms with Crippen molar-refractivity contribution in [3.05, 3.63) is 29.3 Å². The van der Waals surface area contributed by atoms with E-state index in [0.29, 0.717) is 11.6 Å². The quantitative estimate of drug-likeness (QED) is 0.794. The van der Waals surface area contributed by atoms with Crippen molar-refractivity contribution >= 4 is 11.6 Å². The maximum atomic E-state index is 11.0. The summed E-state index contributed by atoms with van der Waals surface area (Å²) in [6, 6.07) is 5.98. The van der Waals surface area contributed by atoms with E-state index in [4.69, 9.17) is 5.73 Å². The van der Waals surface area contributed by atoms with Gasteiger partial charge in [-0.15, -0.1) is 0 Å². The highest BCUT2D eigenvalue weighted by molar-refractivity contribution is 5.93. The van der Waals surface area contributed by atoms with Crippen molar-refractivity contribution < 1.29 is 4.79 Å². The van der Waals surface area contributed by atoms with Gasteiger partial charge in [0.1, 0.15) is 0 Å². The number of rotatable bonds is 6. The first-order valence-corrected chi connectivity index (χ1v) is 6.21. The minimum atomic E-state index is -0.376. The first kappa shape index (κ1) is 13.6. The average Bonchev–Trinajstić information content (AvgIpc) is 2.28. The Morgan fingerprint density at radius 2 is 2.18 bits per heavy atom. The number of benzene rings is 1. The predicted octanol–water partition coefficient (Wildman–Crippen LogP) is 3.08. The van der Waals surface area contributed by atoms with Gasteiger partial charge < -0.3 is 11.1 Å². The molecular weight excluding hydrogens is 212 g/mol. The van der Waals surface area contributed by atoms with Crippen molar-refractivity contribution in [3.8, 4) is 0 Å². The zero-order valence-corrected chi connectivity index (χ0v) is 10.9. The summed E-state index contributed by atoms with van der Waals surface area (Å²) < 4.78 is 0. The molecule has 0 saturated carbocycles. The summed E-state index contributed by atoms with van der Waals surface area (Å²) >= 11 is 0. The Labute approximate surface area is 103 Å². The number of anilines is 1. The second-order valence-corrected chi connectivity index (χ2v) is 4.58. The molecule has 0 radical (unpaired) electrons. The molecule has 3 heteroatoms. The molecule has 0 heterocycles. The fourth-order valence-electron chi connectivity index (χ4n) is 1.83. The number of unbranched alkanes of at least 4 members (excludes halogenated alkanes) is 1. The lowest BCUT2D eigenvalue weighted by molar-refractivity contribution is 0.1000. The van der Waals surface area contributed by atoms with Crippen molar-refractivity contribution in [1.82, 2.24) is 0 Å². The molecule has 1 unspecified atom stereocenters. The van der Waals surface area contributed by atoms with Crippen molar-refractivity contribution in [2.45, 2.75) is 46.1 Å². The van der Waals surface area contributed by atoms with Gasteiger partial charge in [0.2, 0.25) is 5.91 Å². The van der Waals surface area contributed by atoms with Crippen LogP contribution in [0.15, 0.2) is 18.2 Å². The van der Waals surface area contributed by atoms with Crippen LogP contribution in [-0.4, -0.2) is 11.9 Å². The van der Waals surface area contributed by atoms with Crippen LogP contribution in [0.4, 0.5) is 5.69 Å². The lowest BCUT2D eigenvalue weighted by atomic mass is 10.1. The maximum absolute atomic E-state index is 11.0. The number of hydrogen-bond acceptors (Lipinski definition) is 2. The average molecular weight is 234 g/mol. The largest absolute Gasteiger partial charge is 0.382 e. The molecule has 1 aromatic carbocycles. The van der Waals surface area contributed by atoms with Crippen LogP contribution in [0.3, 0.4) is 0 Å². The Balaban J connectivity index is 2.69. The number of amides is 1. The monoisotopic (exact) mass is 234 g/mol. The smallest absolute Gasteiger partial charge is 0.248 e. The van der Waals surface area contributed by atoms with Gasteiger partial charge in [-0.1, -0.05) is 19.8 Å². The van der Waals surface area contributed by atoms with Gasteiger partial charge >= 0.3 is 0 Å². The summed E-state index contributed by atoms with van der Waals surface area (Å²) in [5.74, 6) is -0.376. The van der Waals surface area contributed by atoms with Crippen LogP contribution in [0.1, 0.15) is 49.0 Å². The Hall–Kier alpha value is -1.51. The van der Waals surface area contributed by atoms with E-state index in [9.17, 15) is 4.79 Å². The number of carbonyl (C=O) groups excluding carboxylic acids is 1. The van der Waals surface area contributed by atoms with Gasteiger partial charge in [-0.05, 0) is 44.0 Å². The van der Waals surface area contributed by atoms with Gasteiger partial charge in [-0.2, -0.15) is 0 Å². The highest BCUT2D eigenvalue weighted by atomic mass is 16.1. The van der Waals surface area contributed by atoms with Crippen LogP contribution in [0.25, 0.3) is 0 Å². The van der Waals surface area contributed by atoms with Crippen molar-refractivity contribution in [1.29, 1.82) is 0 Å². The van der Waals surface area contributed by atoms with Crippen LogP contribution < -0.4 is 11.1 Å². The summed E-state index contributed by atoms with van der Waals surface area (Å²) in [6.45, 7) is 6.36. The van der Waals surface area contributed by atoms with Crippen LogP contribution in [0.5, 0.6) is 0 Å². The fourth-order valence-corrected chi connectivity index (χ4v) is 1.83. The predicted molar refractivity (Wildman–Crippen MR) is 72.3 cm³/mol. The molecule has 0 aromatic heterocycles. The van der Waals surface area contributed by atoms with Gasteiger partial charge in [-0.3, -0.25) is 4.79 Å². The van der Waals surface area contributed by atoms with Crippen LogP contribution in [0, 0.1) is 6.92 Å². The Kier molecular flexibility index (Phi) is 5.01. The zero-order chi connectivity index (χ0) is 12.8. The molecule has 1 aromatic rings. The third-order valence-corrected chi connectivity index (χ3v) is 2.90.